The maximum atomic E-state index is 11.7. The molecule has 84 valence electrons. The average molecular weight is 216 g/mol. The lowest BCUT2D eigenvalue weighted by atomic mass is 10.1. The standard InChI is InChI=1S/C13H16N2O/c1-11-6-5-7-12(10-11)13(16)15-9-4-2-3-8-14/h5-7,10H,2-4,9H2,1H3,(H,15,16). The first-order valence-corrected chi connectivity index (χ1v) is 5.46. The number of aryl methyl sites for hydroxylation is 1. The number of nitriles is 1. The first kappa shape index (κ1) is 12.3. The molecule has 0 fully saturated rings. The summed E-state index contributed by atoms with van der Waals surface area (Å²) in [6.45, 7) is 2.60. The van der Waals surface area contributed by atoms with E-state index in [1.807, 2.05) is 25.1 Å². The van der Waals surface area contributed by atoms with Crippen molar-refractivity contribution in [1.82, 2.24) is 5.32 Å². The van der Waals surface area contributed by atoms with Crippen molar-refractivity contribution >= 4 is 5.91 Å². The van der Waals surface area contributed by atoms with Gasteiger partial charge in [-0.2, -0.15) is 5.26 Å². The fraction of sp³-hybridized carbons (Fsp3) is 0.385. The quantitative estimate of drug-likeness (QED) is 0.768. The number of nitrogens with zero attached hydrogens (tertiary/aromatic N) is 1. The van der Waals surface area contributed by atoms with Gasteiger partial charge in [0.05, 0.1) is 6.07 Å². The molecule has 0 aliphatic rings. The van der Waals surface area contributed by atoms with Gasteiger partial charge in [-0.3, -0.25) is 4.79 Å². The van der Waals surface area contributed by atoms with Gasteiger partial charge in [0.15, 0.2) is 0 Å². The van der Waals surface area contributed by atoms with Crippen LogP contribution >= 0.6 is 0 Å². The molecule has 0 saturated heterocycles. The van der Waals surface area contributed by atoms with E-state index in [1.54, 1.807) is 6.07 Å². The highest BCUT2D eigenvalue weighted by Crippen LogP contribution is 2.03. The van der Waals surface area contributed by atoms with Gasteiger partial charge in [-0.1, -0.05) is 17.7 Å². The number of rotatable bonds is 5. The van der Waals surface area contributed by atoms with E-state index in [4.69, 9.17) is 5.26 Å². The lowest BCUT2D eigenvalue weighted by Gasteiger charge is -2.04. The minimum absolute atomic E-state index is 0.0411. The summed E-state index contributed by atoms with van der Waals surface area (Å²) in [7, 11) is 0. The van der Waals surface area contributed by atoms with Crippen LogP contribution in [0.4, 0.5) is 0 Å². The van der Waals surface area contributed by atoms with Crippen LogP contribution in [-0.4, -0.2) is 12.5 Å². The van der Waals surface area contributed by atoms with Crippen LogP contribution in [0.2, 0.25) is 0 Å². The summed E-state index contributed by atoms with van der Waals surface area (Å²) in [4.78, 5) is 11.7. The molecule has 0 spiro atoms. The maximum Gasteiger partial charge on any atom is 0.251 e. The Bertz CT molecular complexity index is 393. The average Bonchev–Trinajstić information content (AvgIpc) is 2.28. The van der Waals surface area contributed by atoms with Gasteiger partial charge in [-0.15, -0.1) is 0 Å². The first-order valence-electron chi connectivity index (χ1n) is 5.46. The maximum absolute atomic E-state index is 11.7. The van der Waals surface area contributed by atoms with Gasteiger partial charge in [-0.05, 0) is 31.9 Å². The summed E-state index contributed by atoms with van der Waals surface area (Å²) >= 11 is 0. The lowest BCUT2D eigenvalue weighted by molar-refractivity contribution is 0.0953. The zero-order valence-electron chi connectivity index (χ0n) is 9.49. The number of benzene rings is 1. The van der Waals surface area contributed by atoms with Crippen molar-refractivity contribution in [1.29, 1.82) is 5.26 Å². The molecule has 0 aliphatic carbocycles. The Morgan fingerprint density at radius 3 is 2.94 bits per heavy atom. The fourth-order valence-corrected chi connectivity index (χ4v) is 1.42. The van der Waals surface area contributed by atoms with Crippen LogP contribution in [0, 0.1) is 18.3 Å². The van der Waals surface area contributed by atoms with E-state index in [0.29, 0.717) is 18.5 Å². The van der Waals surface area contributed by atoms with Crippen molar-refractivity contribution in [2.45, 2.75) is 26.2 Å². The molecule has 0 bridgehead atoms. The fourth-order valence-electron chi connectivity index (χ4n) is 1.42. The molecule has 3 nitrogen and oxygen atoms in total. The lowest BCUT2D eigenvalue weighted by Crippen LogP contribution is -2.24. The second-order valence-corrected chi connectivity index (χ2v) is 3.74. The van der Waals surface area contributed by atoms with Crippen LogP contribution < -0.4 is 5.32 Å². The van der Waals surface area contributed by atoms with Crippen molar-refractivity contribution in [3.63, 3.8) is 0 Å². The number of unbranched alkanes of at least 4 members (excludes halogenated alkanes) is 2. The van der Waals surface area contributed by atoms with Crippen LogP contribution in [0.3, 0.4) is 0 Å². The molecule has 16 heavy (non-hydrogen) atoms. The van der Waals surface area contributed by atoms with Crippen LogP contribution in [0.25, 0.3) is 0 Å². The topological polar surface area (TPSA) is 52.9 Å². The van der Waals surface area contributed by atoms with Crippen LogP contribution in [-0.2, 0) is 0 Å². The molecule has 0 unspecified atom stereocenters. The molecule has 1 aromatic carbocycles. The molecule has 1 amide bonds. The second-order valence-electron chi connectivity index (χ2n) is 3.74. The molecule has 0 aromatic heterocycles. The molecule has 1 aromatic rings. The third kappa shape index (κ3) is 4.14. The number of carbonyl (C=O) groups excluding carboxylic acids is 1. The molecule has 0 radical (unpaired) electrons. The predicted molar refractivity (Wildman–Crippen MR) is 63.0 cm³/mol. The molecule has 0 heterocycles. The Hall–Kier alpha value is -1.82. The smallest absolute Gasteiger partial charge is 0.251 e. The second kappa shape index (κ2) is 6.62. The van der Waals surface area contributed by atoms with E-state index >= 15 is 0 Å². The molecule has 1 N–H and O–H groups in total. The van der Waals surface area contributed by atoms with Crippen molar-refractivity contribution in [3.05, 3.63) is 35.4 Å². The van der Waals surface area contributed by atoms with Crippen LogP contribution in [0.15, 0.2) is 24.3 Å². The normalized spacial score (nSPS) is 9.50. The first-order chi connectivity index (χ1) is 7.74. The third-order valence-corrected chi connectivity index (χ3v) is 2.28. The Balaban J connectivity index is 2.33. The molecule has 1 rings (SSSR count). The van der Waals surface area contributed by atoms with E-state index in [-0.39, 0.29) is 5.91 Å². The van der Waals surface area contributed by atoms with Crippen molar-refractivity contribution < 1.29 is 4.79 Å². The van der Waals surface area contributed by atoms with Gasteiger partial charge < -0.3 is 5.32 Å². The highest BCUT2D eigenvalue weighted by molar-refractivity contribution is 5.94. The van der Waals surface area contributed by atoms with E-state index < -0.39 is 0 Å². The summed E-state index contributed by atoms with van der Waals surface area (Å²) < 4.78 is 0. The molecule has 0 atom stereocenters. The summed E-state index contributed by atoms with van der Waals surface area (Å²) in [5.41, 5.74) is 1.78. The molecule has 0 saturated carbocycles. The minimum Gasteiger partial charge on any atom is -0.352 e. The number of nitrogens with one attached hydrogen (secondary N) is 1. The minimum atomic E-state index is -0.0411. The van der Waals surface area contributed by atoms with E-state index in [0.717, 1.165) is 18.4 Å². The van der Waals surface area contributed by atoms with E-state index in [9.17, 15) is 4.79 Å². The van der Waals surface area contributed by atoms with Crippen LogP contribution in [0.1, 0.15) is 35.2 Å². The van der Waals surface area contributed by atoms with Gasteiger partial charge in [-0.25, -0.2) is 0 Å². The summed E-state index contributed by atoms with van der Waals surface area (Å²) in [6.07, 6.45) is 2.25. The Morgan fingerprint density at radius 2 is 2.25 bits per heavy atom. The predicted octanol–water partition coefficient (Wildman–Crippen LogP) is 2.42. The summed E-state index contributed by atoms with van der Waals surface area (Å²) in [5.74, 6) is -0.0411. The van der Waals surface area contributed by atoms with Gasteiger partial charge in [0, 0.05) is 18.5 Å². The van der Waals surface area contributed by atoms with Gasteiger partial charge >= 0.3 is 0 Å². The number of hydrogen-bond donors (Lipinski definition) is 1. The van der Waals surface area contributed by atoms with Gasteiger partial charge in [0.1, 0.15) is 0 Å². The number of carbonyl (C=O) groups is 1. The summed E-state index contributed by atoms with van der Waals surface area (Å²) in [5, 5.41) is 11.2. The van der Waals surface area contributed by atoms with Crippen molar-refractivity contribution in [2.24, 2.45) is 0 Å². The third-order valence-electron chi connectivity index (χ3n) is 2.28. The Kier molecular flexibility index (Phi) is 5.07. The van der Waals surface area contributed by atoms with E-state index in [1.165, 1.54) is 0 Å². The SMILES string of the molecule is Cc1cccc(C(=O)NCCCCC#N)c1. The summed E-state index contributed by atoms with van der Waals surface area (Å²) in [6, 6.07) is 9.59. The zero-order chi connectivity index (χ0) is 11.8. The van der Waals surface area contributed by atoms with Crippen LogP contribution in [0.5, 0.6) is 0 Å². The highest BCUT2D eigenvalue weighted by atomic mass is 16.1. The van der Waals surface area contributed by atoms with Gasteiger partial charge in [0.25, 0.3) is 5.91 Å². The number of amides is 1. The zero-order valence-corrected chi connectivity index (χ0v) is 9.49. The Morgan fingerprint density at radius 1 is 1.44 bits per heavy atom. The van der Waals surface area contributed by atoms with E-state index in [2.05, 4.69) is 11.4 Å². The molecular weight excluding hydrogens is 200 g/mol. The van der Waals surface area contributed by atoms with Crippen molar-refractivity contribution in [2.75, 3.05) is 6.54 Å². The van der Waals surface area contributed by atoms with Crippen molar-refractivity contribution in [3.8, 4) is 6.07 Å². The Labute approximate surface area is 96.1 Å². The molecular formula is C13H16N2O. The van der Waals surface area contributed by atoms with Gasteiger partial charge in [0.2, 0.25) is 0 Å². The largest absolute Gasteiger partial charge is 0.352 e. The number of hydrogen-bond acceptors (Lipinski definition) is 2. The molecule has 0 aliphatic heterocycles. The highest BCUT2D eigenvalue weighted by Gasteiger charge is 2.03. The molecule has 3 heteroatoms. The monoisotopic (exact) mass is 216 g/mol.